The molecule has 2 aromatic rings. The van der Waals surface area contributed by atoms with Gasteiger partial charge < -0.3 is 9.80 Å². The fourth-order valence-corrected chi connectivity index (χ4v) is 6.69. The van der Waals surface area contributed by atoms with Gasteiger partial charge in [0.1, 0.15) is 0 Å². The second-order valence-corrected chi connectivity index (χ2v) is 12.2. The molecule has 2 amide bonds. The summed E-state index contributed by atoms with van der Waals surface area (Å²) in [5.74, 6) is -1.76. The van der Waals surface area contributed by atoms with Gasteiger partial charge >= 0.3 is 0 Å². The van der Waals surface area contributed by atoms with Crippen molar-refractivity contribution >= 4 is 50.9 Å². The van der Waals surface area contributed by atoms with Crippen molar-refractivity contribution in [2.45, 2.75) is 32.1 Å². The maximum Gasteiger partial charge on any atom is 0.230 e. The van der Waals surface area contributed by atoms with E-state index in [4.69, 9.17) is 0 Å². The lowest BCUT2D eigenvalue weighted by Gasteiger charge is -2.37. The van der Waals surface area contributed by atoms with Gasteiger partial charge in [-0.15, -0.1) is 0 Å². The second-order valence-electron chi connectivity index (χ2n) is 11.2. The Morgan fingerprint density at radius 2 is 1.55 bits per heavy atom. The van der Waals surface area contributed by atoms with Crippen LogP contribution < -0.4 is 15.1 Å². The molecule has 0 radical (unpaired) electrons. The summed E-state index contributed by atoms with van der Waals surface area (Å²) in [7, 11) is 0. The number of nitrogens with zero attached hydrogens (tertiary/aromatic N) is 5. The zero-order valence-electron chi connectivity index (χ0n) is 22.4. The number of aromatic nitrogens is 2. The van der Waals surface area contributed by atoms with Crippen molar-refractivity contribution in [3.63, 3.8) is 0 Å². The summed E-state index contributed by atoms with van der Waals surface area (Å²) >= 11 is 3.39. The highest BCUT2D eigenvalue weighted by Crippen LogP contribution is 2.37. The summed E-state index contributed by atoms with van der Waals surface area (Å²) in [6.45, 7) is 6.68. The third-order valence-corrected chi connectivity index (χ3v) is 9.29. The number of Topliss-reactive ketones (excluding diaryl/α,β-unsaturated/α-hetero) is 2. The fraction of sp³-hybridized carbons (Fsp3) is 0.517. The van der Waals surface area contributed by atoms with Gasteiger partial charge in [-0.25, -0.2) is 9.97 Å². The third kappa shape index (κ3) is 5.41. The maximum absolute atomic E-state index is 13.2. The fourth-order valence-electron chi connectivity index (χ4n) is 6.48. The minimum atomic E-state index is -1.02. The van der Waals surface area contributed by atoms with Crippen molar-refractivity contribution in [1.29, 1.82) is 0 Å². The van der Waals surface area contributed by atoms with Gasteiger partial charge in [-0.3, -0.25) is 29.4 Å². The average Bonchev–Trinajstić information content (AvgIpc) is 3.22. The van der Waals surface area contributed by atoms with Crippen molar-refractivity contribution in [2.24, 2.45) is 17.8 Å². The molecule has 40 heavy (non-hydrogen) atoms. The summed E-state index contributed by atoms with van der Waals surface area (Å²) in [5.41, 5.74) is 1.73. The molecule has 1 aromatic carbocycles. The van der Waals surface area contributed by atoms with Crippen LogP contribution in [0.25, 0.3) is 0 Å². The van der Waals surface area contributed by atoms with Crippen LogP contribution >= 0.6 is 15.9 Å². The molecule has 3 fully saturated rings. The Kier molecular flexibility index (Phi) is 7.67. The predicted octanol–water partition coefficient (Wildman–Crippen LogP) is 2.72. The highest BCUT2D eigenvalue weighted by molar-refractivity contribution is 9.10. The minimum Gasteiger partial charge on any atom is -0.369 e. The first-order chi connectivity index (χ1) is 19.4. The van der Waals surface area contributed by atoms with Gasteiger partial charge in [0.25, 0.3) is 0 Å². The molecule has 6 rings (SSSR count). The SMILES string of the molecule is O=C1CCC(C2C(=O)c3ccc(N4CCN(CCC5CCN(c6ncc(Br)cn6)CC5)CC4)cc3C2=O)C(=O)N1. The van der Waals surface area contributed by atoms with Crippen LogP contribution in [0.15, 0.2) is 35.1 Å². The zero-order valence-corrected chi connectivity index (χ0v) is 23.9. The number of fused-ring (bicyclic) bond motifs is 1. The maximum atomic E-state index is 13.2. The molecule has 10 nitrogen and oxygen atoms in total. The number of amides is 2. The number of benzene rings is 1. The number of piperidine rings is 2. The summed E-state index contributed by atoms with van der Waals surface area (Å²) in [6.07, 6.45) is 7.47. The highest BCUT2D eigenvalue weighted by Gasteiger charge is 2.47. The number of nitrogens with one attached hydrogen (secondary N) is 1. The normalized spacial score (nSPS) is 24.4. The molecular formula is C29H33BrN6O4. The van der Waals surface area contributed by atoms with E-state index < -0.39 is 17.7 Å². The lowest BCUT2D eigenvalue weighted by molar-refractivity contribution is -0.137. The molecule has 0 saturated carbocycles. The van der Waals surface area contributed by atoms with E-state index in [1.165, 1.54) is 6.42 Å². The molecule has 210 valence electrons. The molecule has 0 bridgehead atoms. The number of carbonyl (C=O) groups is 4. The quantitative estimate of drug-likeness (QED) is 0.390. The number of anilines is 2. The van der Waals surface area contributed by atoms with Crippen molar-refractivity contribution < 1.29 is 19.2 Å². The van der Waals surface area contributed by atoms with Gasteiger partial charge in [0, 0.05) is 74.9 Å². The first kappa shape index (κ1) is 27.0. The Morgan fingerprint density at radius 1 is 0.850 bits per heavy atom. The molecule has 3 aliphatic heterocycles. The molecule has 0 spiro atoms. The monoisotopic (exact) mass is 608 g/mol. The summed E-state index contributed by atoms with van der Waals surface area (Å²) < 4.78 is 0.893. The smallest absolute Gasteiger partial charge is 0.230 e. The van der Waals surface area contributed by atoms with E-state index in [2.05, 4.69) is 45.9 Å². The van der Waals surface area contributed by atoms with Crippen LogP contribution in [0.5, 0.6) is 0 Å². The van der Waals surface area contributed by atoms with E-state index in [-0.39, 0.29) is 30.3 Å². The standard InChI is InChI=1S/C29H33BrN6O4/c30-19-16-31-29(32-17-19)36-9-6-18(7-10-36)5-8-34-11-13-35(14-12-34)20-1-2-21-23(15-20)27(39)25(26(21)38)22-3-4-24(37)33-28(22)40/h1-2,15-18,22,25H,3-14H2,(H,33,37,40). The molecule has 11 heteroatoms. The van der Waals surface area contributed by atoms with Gasteiger partial charge in [-0.1, -0.05) is 0 Å². The highest BCUT2D eigenvalue weighted by atomic mass is 79.9. The number of rotatable bonds is 6. The van der Waals surface area contributed by atoms with Crippen LogP contribution in [0.4, 0.5) is 11.6 Å². The molecule has 2 unspecified atom stereocenters. The number of halogens is 1. The van der Waals surface area contributed by atoms with E-state index >= 15 is 0 Å². The summed E-state index contributed by atoms with van der Waals surface area (Å²) in [6, 6.07) is 5.46. The van der Waals surface area contributed by atoms with Gasteiger partial charge in [-0.05, 0) is 72.3 Å². The summed E-state index contributed by atoms with van der Waals surface area (Å²) in [4.78, 5) is 66.1. The molecule has 1 N–H and O–H groups in total. The van der Waals surface area contributed by atoms with Crippen molar-refractivity contribution in [3.8, 4) is 0 Å². The van der Waals surface area contributed by atoms with Gasteiger partial charge in [-0.2, -0.15) is 0 Å². The minimum absolute atomic E-state index is 0.152. The molecule has 1 aromatic heterocycles. The first-order valence-corrected chi connectivity index (χ1v) is 14.9. The van der Waals surface area contributed by atoms with Crippen molar-refractivity contribution in [2.75, 3.05) is 55.6 Å². The Labute approximate surface area is 241 Å². The Bertz CT molecular complexity index is 1320. The average molecular weight is 610 g/mol. The third-order valence-electron chi connectivity index (χ3n) is 8.88. The van der Waals surface area contributed by atoms with Crippen molar-refractivity contribution in [1.82, 2.24) is 20.2 Å². The molecule has 4 aliphatic rings. The molecule has 3 saturated heterocycles. The van der Waals surface area contributed by atoms with E-state index in [1.54, 1.807) is 18.5 Å². The molecular weight excluding hydrogens is 576 g/mol. The molecule has 4 heterocycles. The molecule has 2 atom stereocenters. The summed E-state index contributed by atoms with van der Waals surface area (Å²) in [5, 5.41) is 2.28. The van der Waals surface area contributed by atoms with Crippen LogP contribution in [0.3, 0.4) is 0 Å². The van der Waals surface area contributed by atoms with Crippen LogP contribution in [-0.4, -0.2) is 84.1 Å². The first-order valence-electron chi connectivity index (χ1n) is 14.1. The number of piperazine rings is 1. The number of hydrogen-bond acceptors (Lipinski definition) is 9. The lowest BCUT2D eigenvalue weighted by Crippen LogP contribution is -2.47. The van der Waals surface area contributed by atoms with Crippen LogP contribution in [0.2, 0.25) is 0 Å². The van der Waals surface area contributed by atoms with E-state index in [0.29, 0.717) is 17.0 Å². The van der Waals surface area contributed by atoms with Crippen LogP contribution in [0, 0.1) is 17.8 Å². The Hall–Kier alpha value is -3.18. The zero-order chi connectivity index (χ0) is 27.8. The number of carbonyl (C=O) groups excluding carboxylic acids is 4. The van der Waals surface area contributed by atoms with Crippen LogP contribution in [0.1, 0.15) is 52.8 Å². The van der Waals surface area contributed by atoms with E-state index in [0.717, 1.165) is 74.8 Å². The Balaban J connectivity index is 0.991. The van der Waals surface area contributed by atoms with Gasteiger partial charge in [0.05, 0.1) is 16.3 Å². The molecule has 1 aliphatic carbocycles. The number of imide groups is 1. The lowest BCUT2D eigenvalue weighted by atomic mass is 9.82. The van der Waals surface area contributed by atoms with E-state index in [1.807, 2.05) is 12.1 Å². The van der Waals surface area contributed by atoms with Gasteiger partial charge in [0.15, 0.2) is 11.6 Å². The second kappa shape index (κ2) is 11.4. The predicted molar refractivity (Wildman–Crippen MR) is 152 cm³/mol. The number of ketones is 2. The van der Waals surface area contributed by atoms with E-state index in [9.17, 15) is 19.2 Å². The van der Waals surface area contributed by atoms with Gasteiger partial charge in [0.2, 0.25) is 17.8 Å². The van der Waals surface area contributed by atoms with Crippen molar-refractivity contribution in [3.05, 3.63) is 46.2 Å². The largest absolute Gasteiger partial charge is 0.369 e. The number of hydrogen-bond donors (Lipinski definition) is 1. The van der Waals surface area contributed by atoms with Crippen LogP contribution in [-0.2, 0) is 9.59 Å². The topological polar surface area (TPSA) is 116 Å². The Morgan fingerprint density at radius 3 is 2.25 bits per heavy atom.